The van der Waals surface area contributed by atoms with Crippen LogP contribution in [0.5, 0.6) is 0 Å². The van der Waals surface area contributed by atoms with Crippen molar-refractivity contribution in [3.05, 3.63) is 0 Å². The van der Waals surface area contributed by atoms with Gasteiger partial charge in [-0.25, -0.2) is 0 Å². The molecule has 4 atom stereocenters. The Morgan fingerprint density at radius 1 is 1.22 bits per heavy atom. The highest BCUT2D eigenvalue weighted by Crippen LogP contribution is 2.48. The minimum Gasteiger partial charge on any atom is -0.317 e. The predicted molar refractivity (Wildman–Crippen MR) is 78.8 cm³/mol. The van der Waals surface area contributed by atoms with E-state index in [1.807, 2.05) is 0 Å². The van der Waals surface area contributed by atoms with E-state index >= 15 is 0 Å². The Hall–Kier alpha value is -0.0800. The van der Waals surface area contributed by atoms with E-state index in [9.17, 15) is 0 Å². The summed E-state index contributed by atoms with van der Waals surface area (Å²) in [5, 5.41) is 3.51. The quantitative estimate of drug-likeness (QED) is 0.668. The van der Waals surface area contributed by atoms with Crippen molar-refractivity contribution in [2.45, 2.75) is 58.4 Å². The third-order valence-corrected chi connectivity index (χ3v) is 5.33. The SMILES string of the molecule is CCCNCCC(C)N(C)CC1CC2CCC1C2. The van der Waals surface area contributed by atoms with Crippen molar-refractivity contribution in [3.8, 4) is 0 Å². The minimum absolute atomic E-state index is 0.730. The average Bonchev–Trinajstić information content (AvgIpc) is 2.96. The third kappa shape index (κ3) is 3.71. The molecule has 2 heteroatoms. The van der Waals surface area contributed by atoms with Crippen LogP contribution in [0.2, 0.25) is 0 Å². The molecule has 4 unspecified atom stereocenters. The van der Waals surface area contributed by atoms with Crippen molar-refractivity contribution in [1.29, 1.82) is 0 Å². The fourth-order valence-corrected chi connectivity index (χ4v) is 3.98. The molecule has 0 saturated heterocycles. The van der Waals surface area contributed by atoms with E-state index in [2.05, 4.69) is 31.1 Å². The molecule has 1 N–H and O–H groups in total. The Kier molecular flexibility index (Phi) is 5.50. The van der Waals surface area contributed by atoms with E-state index in [1.54, 1.807) is 6.42 Å². The van der Waals surface area contributed by atoms with Crippen molar-refractivity contribution >= 4 is 0 Å². The maximum atomic E-state index is 3.51. The molecule has 0 radical (unpaired) electrons. The number of nitrogens with zero attached hydrogens (tertiary/aromatic N) is 1. The molecule has 18 heavy (non-hydrogen) atoms. The van der Waals surface area contributed by atoms with Gasteiger partial charge in [0.25, 0.3) is 0 Å². The van der Waals surface area contributed by atoms with Crippen molar-refractivity contribution in [3.63, 3.8) is 0 Å². The molecule has 0 aliphatic heterocycles. The van der Waals surface area contributed by atoms with Crippen LogP contribution in [-0.4, -0.2) is 37.6 Å². The zero-order valence-electron chi connectivity index (χ0n) is 12.6. The second kappa shape index (κ2) is 6.91. The minimum atomic E-state index is 0.730. The Labute approximate surface area is 114 Å². The Balaban J connectivity index is 1.63. The molecule has 0 heterocycles. The number of nitrogens with one attached hydrogen (secondary N) is 1. The smallest absolute Gasteiger partial charge is 0.00760 e. The van der Waals surface area contributed by atoms with Gasteiger partial charge in [0.05, 0.1) is 0 Å². The summed E-state index contributed by atoms with van der Waals surface area (Å²) in [5.41, 5.74) is 0. The van der Waals surface area contributed by atoms with Gasteiger partial charge in [-0.1, -0.05) is 13.3 Å². The van der Waals surface area contributed by atoms with E-state index in [1.165, 1.54) is 51.7 Å². The Morgan fingerprint density at radius 2 is 2.06 bits per heavy atom. The first-order chi connectivity index (χ1) is 8.70. The van der Waals surface area contributed by atoms with Crippen molar-refractivity contribution in [2.24, 2.45) is 17.8 Å². The molecule has 2 nitrogen and oxygen atoms in total. The van der Waals surface area contributed by atoms with Gasteiger partial charge in [0.2, 0.25) is 0 Å². The second-order valence-corrected chi connectivity index (χ2v) is 6.76. The fourth-order valence-electron chi connectivity index (χ4n) is 3.98. The van der Waals surface area contributed by atoms with Gasteiger partial charge in [0.15, 0.2) is 0 Å². The van der Waals surface area contributed by atoms with Crippen molar-refractivity contribution in [2.75, 3.05) is 26.7 Å². The summed E-state index contributed by atoms with van der Waals surface area (Å²) in [5.74, 6) is 3.18. The standard InChI is InChI=1S/C16H32N2/c1-4-8-17-9-7-13(2)18(3)12-16-11-14-5-6-15(16)10-14/h13-17H,4-12H2,1-3H3. The summed E-state index contributed by atoms with van der Waals surface area (Å²) in [6.45, 7) is 8.31. The molecule has 2 aliphatic rings. The maximum absolute atomic E-state index is 3.51. The zero-order chi connectivity index (χ0) is 13.0. The van der Waals surface area contributed by atoms with Crippen LogP contribution in [0.1, 0.15) is 52.4 Å². The number of hydrogen-bond acceptors (Lipinski definition) is 2. The topological polar surface area (TPSA) is 15.3 Å². The Bertz CT molecular complexity index is 241. The van der Waals surface area contributed by atoms with Crippen molar-refractivity contribution < 1.29 is 0 Å². The van der Waals surface area contributed by atoms with E-state index in [4.69, 9.17) is 0 Å². The summed E-state index contributed by atoms with van der Waals surface area (Å²) in [4.78, 5) is 2.61. The predicted octanol–water partition coefficient (Wildman–Crippen LogP) is 3.13. The van der Waals surface area contributed by atoms with E-state index in [0.717, 1.165) is 23.8 Å². The van der Waals surface area contributed by atoms with Crippen LogP contribution < -0.4 is 5.32 Å². The van der Waals surface area contributed by atoms with Crippen LogP contribution in [0, 0.1) is 17.8 Å². The molecule has 0 amide bonds. The monoisotopic (exact) mass is 252 g/mol. The molecule has 106 valence electrons. The molecule has 2 rings (SSSR count). The summed E-state index contributed by atoms with van der Waals surface area (Å²) in [6.07, 6.45) is 8.66. The highest BCUT2D eigenvalue weighted by atomic mass is 15.1. The summed E-state index contributed by atoms with van der Waals surface area (Å²) < 4.78 is 0. The maximum Gasteiger partial charge on any atom is 0.00760 e. The lowest BCUT2D eigenvalue weighted by molar-refractivity contribution is 0.174. The van der Waals surface area contributed by atoms with Crippen LogP contribution in [0.4, 0.5) is 0 Å². The van der Waals surface area contributed by atoms with Crippen LogP contribution in [0.3, 0.4) is 0 Å². The summed E-state index contributed by atoms with van der Waals surface area (Å²) in [7, 11) is 2.33. The van der Waals surface area contributed by atoms with Gasteiger partial charge >= 0.3 is 0 Å². The van der Waals surface area contributed by atoms with Crippen LogP contribution >= 0.6 is 0 Å². The molecule has 2 aliphatic carbocycles. The van der Waals surface area contributed by atoms with Crippen LogP contribution in [0.15, 0.2) is 0 Å². The summed E-state index contributed by atoms with van der Waals surface area (Å²) in [6, 6.07) is 0.730. The highest BCUT2D eigenvalue weighted by Gasteiger charge is 2.39. The second-order valence-electron chi connectivity index (χ2n) is 6.76. The third-order valence-electron chi connectivity index (χ3n) is 5.33. The first-order valence-electron chi connectivity index (χ1n) is 8.11. The lowest BCUT2D eigenvalue weighted by Crippen LogP contribution is -2.37. The van der Waals surface area contributed by atoms with Crippen molar-refractivity contribution in [1.82, 2.24) is 10.2 Å². The van der Waals surface area contributed by atoms with Gasteiger partial charge in [-0.2, -0.15) is 0 Å². The summed E-state index contributed by atoms with van der Waals surface area (Å²) >= 11 is 0. The largest absolute Gasteiger partial charge is 0.317 e. The zero-order valence-corrected chi connectivity index (χ0v) is 12.6. The Morgan fingerprint density at radius 3 is 2.67 bits per heavy atom. The van der Waals surface area contributed by atoms with Gasteiger partial charge < -0.3 is 10.2 Å². The van der Waals surface area contributed by atoms with E-state index in [0.29, 0.717) is 0 Å². The van der Waals surface area contributed by atoms with Gasteiger partial charge in [-0.3, -0.25) is 0 Å². The van der Waals surface area contributed by atoms with Crippen LogP contribution in [0.25, 0.3) is 0 Å². The van der Waals surface area contributed by atoms with E-state index in [-0.39, 0.29) is 0 Å². The van der Waals surface area contributed by atoms with Gasteiger partial charge in [-0.05, 0) is 76.9 Å². The molecular formula is C16H32N2. The molecule has 0 aromatic carbocycles. The van der Waals surface area contributed by atoms with E-state index < -0.39 is 0 Å². The average molecular weight is 252 g/mol. The highest BCUT2D eigenvalue weighted by molar-refractivity contribution is 4.91. The lowest BCUT2D eigenvalue weighted by Gasteiger charge is -2.31. The lowest BCUT2D eigenvalue weighted by atomic mass is 9.88. The number of fused-ring (bicyclic) bond motifs is 2. The molecule has 0 aromatic heterocycles. The van der Waals surface area contributed by atoms with Crippen LogP contribution in [-0.2, 0) is 0 Å². The molecular weight excluding hydrogens is 220 g/mol. The molecule has 2 saturated carbocycles. The first-order valence-corrected chi connectivity index (χ1v) is 8.11. The molecule has 0 aromatic rings. The number of rotatable bonds is 8. The first kappa shape index (κ1) is 14.3. The van der Waals surface area contributed by atoms with Gasteiger partial charge in [-0.15, -0.1) is 0 Å². The molecule has 2 bridgehead atoms. The molecule has 2 fully saturated rings. The fraction of sp³-hybridized carbons (Fsp3) is 1.00. The van der Waals surface area contributed by atoms with Gasteiger partial charge in [0.1, 0.15) is 0 Å². The normalized spacial score (nSPS) is 32.3. The number of hydrogen-bond donors (Lipinski definition) is 1. The molecule has 0 spiro atoms. The van der Waals surface area contributed by atoms with Gasteiger partial charge in [0, 0.05) is 12.6 Å².